The summed E-state index contributed by atoms with van der Waals surface area (Å²) in [7, 11) is 0. The smallest absolute Gasteiger partial charge is 0.322 e. The highest BCUT2D eigenvalue weighted by Crippen LogP contribution is 2.23. The van der Waals surface area contributed by atoms with E-state index < -0.39 is 18.0 Å². The van der Waals surface area contributed by atoms with Crippen molar-refractivity contribution in [1.82, 2.24) is 15.6 Å². The molecule has 128 valence electrons. The molecule has 2 aromatic rings. The Kier molecular flexibility index (Phi) is 6.27. The summed E-state index contributed by atoms with van der Waals surface area (Å²) < 4.78 is 0. The zero-order valence-electron chi connectivity index (χ0n) is 12.9. The number of thiazole rings is 1. The topological polar surface area (TPSA) is 117 Å². The molecular weight excluding hydrogens is 352 g/mol. The number of nitrogens with zero attached hydrogens (tertiary/aromatic N) is 1. The molecule has 5 N–H and O–H groups in total. The number of hydrogen-bond acceptors (Lipinski definition) is 6. The van der Waals surface area contributed by atoms with E-state index in [1.54, 1.807) is 19.1 Å². The number of aliphatic hydroxyl groups excluding tert-OH is 1. The molecule has 0 bridgehead atoms. The number of carbonyl (C=O) groups excluding carboxylic acids is 2. The molecule has 0 aliphatic rings. The van der Waals surface area contributed by atoms with Crippen molar-refractivity contribution in [3.63, 3.8) is 0 Å². The van der Waals surface area contributed by atoms with Crippen LogP contribution in [0.3, 0.4) is 0 Å². The molecule has 3 amide bonds. The summed E-state index contributed by atoms with van der Waals surface area (Å²) in [5.74, 6) is -0.550. The van der Waals surface area contributed by atoms with Gasteiger partial charge >= 0.3 is 6.03 Å². The SMILES string of the molecule is Cc1nc([C@H](CN)NC(=O)NC(=O)c2ccc(Cl)cc2)sc1CO. The Bertz CT molecular complexity index is 733. The maximum atomic E-state index is 12.0. The van der Waals surface area contributed by atoms with Gasteiger partial charge in [-0.05, 0) is 31.2 Å². The van der Waals surface area contributed by atoms with Crippen LogP contribution in [-0.4, -0.2) is 28.6 Å². The average Bonchev–Trinajstić information content (AvgIpc) is 2.93. The molecule has 1 atom stereocenters. The number of halogens is 1. The monoisotopic (exact) mass is 368 g/mol. The number of imide groups is 1. The van der Waals surface area contributed by atoms with Gasteiger partial charge in [-0.2, -0.15) is 0 Å². The lowest BCUT2D eigenvalue weighted by Crippen LogP contribution is -2.43. The first-order valence-corrected chi connectivity index (χ1v) is 8.28. The fourth-order valence-corrected chi connectivity index (χ4v) is 3.05. The van der Waals surface area contributed by atoms with Crippen LogP contribution in [0.5, 0.6) is 0 Å². The van der Waals surface area contributed by atoms with Gasteiger partial charge in [0.2, 0.25) is 0 Å². The van der Waals surface area contributed by atoms with Crippen LogP contribution in [0.25, 0.3) is 0 Å². The minimum Gasteiger partial charge on any atom is -0.391 e. The van der Waals surface area contributed by atoms with E-state index in [1.807, 2.05) is 0 Å². The predicted octanol–water partition coefficient (Wildman–Crippen LogP) is 1.74. The highest BCUT2D eigenvalue weighted by atomic mass is 35.5. The molecule has 0 aliphatic heterocycles. The molecule has 1 aromatic carbocycles. The summed E-state index contributed by atoms with van der Waals surface area (Å²) in [6, 6.07) is 4.93. The van der Waals surface area contributed by atoms with Crippen molar-refractivity contribution in [3.05, 3.63) is 50.4 Å². The van der Waals surface area contributed by atoms with E-state index >= 15 is 0 Å². The van der Waals surface area contributed by atoms with Gasteiger partial charge in [0.1, 0.15) is 5.01 Å². The summed E-state index contributed by atoms with van der Waals surface area (Å²) >= 11 is 7.02. The van der Waals surface area contributed by atoms with Crippen molar-refractivity contribution in [1.29, 1.82) is 0 Å². The summed E-state index contributed by atoms with van der Waals surface area (Å²) in [5, 5.41) is 15.1. The minimum atomic E-state index is -0.677. The van der Waals surface area contributed by atoms with E-state index in [0.717, 1.165) is 0 Å². The second-order valence-electron chi connectivity index (χ2n) is 4.94. The Hall–Kier alpha value is -2.00. The molecule has 0 aliphatic carbocycles. The number of rotatable bonds is 5. The lowest BCUT2D eigenvalue weighted by atomic mass is 10.2. The number of aryl methyl sites for hydroxylation is 1. The molecule has 0 saturated heterocycles. The molecule has 0 unspecified atom stereocenters. The van der Waals surface area contributed by atoms with E-state index in [4.69, 9.17) is 17.3 Å². The van der Waals surface area contributed by atoms with Crippen LogP contribution in [0.2, 0.25) is 5.02 Å². The number of amides is 3. The number of nitrogens with one attached hydrogen (secondary N) is 2. The third-order valence-electron chi connectivity index (χ3n) is 3.23. The quantitative estimate of drug-likeness (QED) is 0.641. The van der Waals surface area contributed by atoms with E-state index in [1.165, 1.54) is 23.5 Å². The highest BCUT2D eigenvalue weighted by molar-refractivity contribution is 7.11. The predicted molar refractivity (Wildman–Crippen MR) is 92.0 cm³/mol. The Morgan fingerprint density at radius 3 is 2.58 bits per heavy atom. The van der Waals surface area contributed by atoms with Gasteiger partial charge in [-0.1, -0.05) is 11.6 Å². The van der Waals surface area contributed by atoms with Gasteiger partial charge in [0, 0.05) is 17.1 Å². The van der Waals surface area contributed by atoms with Crippen LogP contribution in [0.15, 0.2) is 24.3 Å². The Labute approximate surface area is 147 Å². The summed E-state index contributed by atoms with van der Waals surface area (Å²) in [5.41, 5.74) is 6.68. The van der Waals surface area contributed by atoms with E-state index in [-0.39, 0.29) is 13.2 Å². The summed E-state index contributed by atoms with van der Waals surface area (Å²) in [6.07, 6.45) is 0. The molecule has 7 nitrogen and oxygen atoms in total. The third kappa shape index (κ3) is 4.51. The van der Waals surface area contributed by atoms with Gasteiger partial charge in [-0.15, -0.1) is 11.3 Å². The first-order chi connectivity index (χ1) is 11.4. The molecule has 2 rings (SSSR count). The van der Waals surface area contributed by atoms with E-state index in [2.05, 4.69) is 15.6 Å². The Morgan fingerprint density at radius 2 is 2.04 bits per heavy atom. The fraction of sp³-hybridized carbons (Fsp3) is 0.267. The number of hydrogen-bond donors (Lipinski definition) is 4. The van der Waals surface area contributed by atoms with Crippen LogP contribution < -0.4 is 16.4 Å². The molecule has 0 spiro atoms. The molecule has 24 heavy (non-hydrogen) atoms. The van der Waals surface area contributed by atoms with Crippen LogP contribution in [0.4, 0.5) is 4.79 Å². The number of aromatic nitrogens is 1. The van der Waals surface area contributed by atoms with Gasteiger partial charge in [-0.3, -0.25) is 10.1 Å². The van der Waals surface area contributed by atoms with Crippen LogP contribution in [-0.2, 0) is 6.61 Å². The van der Waals surface area contributed by atoms with Gasteiger partial charge in [-0.25, -0.2) is 9.78 Å². The van der Waals surface area contributed by atoms with Crippen LogP contribution >= 0.6 is 22.9 Å². The van der Waals surface area contributed by atoms with Crippen molar-refractivity contribution in [2.75, 3.05) is 6.54 Å². The molecule has 1 aromatic heterocycles. The Morgan fingerprint density at radius 1 is 1.38 bits per heavy atom. The average molecular weight is 369 g/mol. The van der Waals surface area contributed by atoms with Gasteiger partial charge in [0.15, 0.2) is 0 Å². The van der Waals surface area contributed by atoms with Crippen molar-refractivity contribution < 1.29 is 14.7 Å². The molecule has 0 saturated carbocycles. The normalized spacial score (nSPS) is 11.8. The number of aliphatic hydroxyl groups is 1. The number of nitrogens with two attached hydrogens (primary N) is 1. The van der Waals surface area contributed by atoms with Crippen LogP contribution in [0, 0.1) is 6.92 Å². The number of carbonyl (C=O) groups is 2. The van der Waals surface area contributed by atoms with Crippen molar-refractivity contribution in [2.45, 2.75) is 19.6 Å². The molecular formula is C15H17ClN4O3S. The maximum absolute atomic E-state index is 12.0. The van der Waals surface area contributed by atoms with Gasteiger partial charge in [0.25, 0.3) is 5.91 Å². The number of benzene rings is 1. The zero-order valence-corrected chi connectivity index (χ0v) is 14.4. The first kappa shape index (κ1) is 18.3. The van der Waals surface area contributed by atoms with Crippen molar-refractivity contribution in [2.24, 2.45) is 5.73 Å². The number of urea groups is 1. The summed E-state index contributed by atoms with van der Waals surface area (Å²) in [6.45, 7) is 1.76. The van der Waals surface area contributed by atoms with E-state index in [9.17, 15) is 14.7 Å². The highest BCUT2D eigenvalue weighted by Gasteiger charge is 2.20. The second kappa shape index (κ2) is 8.20. The molecule has 1 heterocycles. The fourth-order valence-electron chi connectivity index (χ4n) is 1.94. The van der Waals surface area contributed by atoms with Gasteiger partial charge in [0.05, 0.1) is 23.2 Å². The molecule has 9 heteroatoms. The maximum Gasteiger partial charge on any atom is 0.322 e. The van der Waals surface area contributed by atoms with Crippen molar-refractivity contribution in [3.8, 4) is 0 Å². The largest absolute Gasteiger partial charge is 0.391 e. The molecule has 0 fully saturated rings. The lowest BCUT2D eigenvalue weighted by molar-refractivity contribution is 0.0963. The molecule has 0 radical (unpaired) electrons. The zero-order chi connectivity index (χ0) is 17.7. The lowest BCUT2D eigenvalue weighted by Gasteiger charge is -2.14. The third-order valence-corrected chi connectivity index (χ3v) is 4.73. The van der Waals surface area contributed by atoms with Crippen LogP contribution in [0.1, 0.15) is 32.0 Å². The standard InChI is InChI=1S/C15H17ClN4O3S/c1-8-12(7-21)24-14(18-8)11(6-17)19-15(23)20-13(22)9-2-4-10(16)5-3-9/h2-5,11,21H,6-7,17H2,1H3,(H2,19,20,22,23)/t11-/m0/s1. The summed E-state index contributed by atoms with van der Waals surface area (Å²) in [4.78, 5) is 29.0. The van der Waals surface area contributed by atoms with Crippen molar-refractivity contribution >= 4 is 34.9 Å². The second-order valence-corrected chi connectivity index (χ2v) is 6.49. The Balaban J connectivity index is 2.01. The minimum absolute atomic E-state index is 0.111. The first-order valence-electron chi connectivity index (χ1n) is 7.09. The van der Waals surface area contributed by atoms with E-state index in [0.29, 0.717) is 26.2 Å². The van der Waals surface area contributed by atoms with Gasteiger partial charge < -0.3 is 16.2 Å².